The van der Waals surface area contributed by atoms with Crippen LogP contribution in [0.4, 0.5) is 13.2 Å². The highest BCUT2D eigenvalue weighted by Crippen LogP contribution is 2.36. The maximum atomic E-state index is 13.0. The molecule has 0 spiro atoms. The van der Waals surface area contributed by atoms with Gasteiger partial charge < -0.3 is 24.3 Å². The van der Waals surface area contributed by atoms with Crippen molar-refractivity contribution < 1.29 is 41.7 Å². The molecule has 10 nitrogen and oxygen atoms in total. The summed E-state index contributed by atoms with van der Waals surface area (Å²) < 4.78 is 56.3. The maximum Gasteiger partial charge on any atom is 0.522 e. The minimum atomic E-state index is -4.78. The topological polar surface area (TPSA) is 119 Å². The van der Waals surface area contributed by atoms with E-state index in [4.69, 9.17) is 25.5 Å². The number of aromatic nitrogens is 2. The Bertz CT molecular complexity index is 1120. The average molecular weight is 578 g/mol. The van der Waals surface area contributed by atoms with E-state index in [2.05, 4.69) is 30.5 Å². The Morgan fingerprint density at radius 3 is 2.68 bits per heavy atom. The second kappa shape index (κ2) is 11.9. The number of nitrogens with one attached hydrogen (secondary N) is 1. The van der Waals surface area contributed by atoms with E-state index < -0.39 is 42.8 Å². The van der Waals surface area contributed by atoms with E-state index in [0.29, 0.717) is 23.4 Å². The van der Waals surface area contributed by atoms with Gasteiger partial charge in [-0.1, -0.05) is 22.8 Å². The van der Waals surface area contributed by atoms with Gasteiger partial charge in [0.2, 0.25) is 12.3 Å². The molecule has 1 aromatic heterocycles. The van der Waals surface area contributed by atoms with Gasteiger partial charge in [0.15, 0.2) is 0 Å². The van der Waals surface area contributed by atoms with Crippen LogP contribution in [0.2, 0.25) is 5.02 Å². The number of piperidine rings is 1. The van der Waals surface area contributed by atoms with E-state index in [1.54, 1.807) is 39.0 Å². The van der Waals surface area contributed by atoms with Gasteiger partial charge in [0.25, 0.3) is 5.91 Å². The van der Waals surface area contributed by atoms with Gasteiger partial charge in [-0.05, 0) is 58.2 Å². The minimum Gasteiger partial charge on any atom is -0.447 e. The molecule has 3 radical (unpaired) electrons. The number of aliphatic hydroxyl groups is 1. The summed E-state index contributed by atoms with van der Waals surface area (Å²) in [5.74, 6) is -0.320. The summed E-state index contributed by atoms with van der Waals surface area (Å²) in [7, 11) is 3.67. The van der Waals surface area contributed by atoms with Crippen molar-refractivity contribution in [3.05, 3.63) is 40.2 Å². The average Bonchev–Trinajstić information content (AvgIpc) is 3.25. The molecule has 2 aromatic rings. The van der Waals surface area contributed by atoms with Crippen molar-refractivity contribution in [1.29, 1.82) is 0 Å². The van der Waals surface area contributed by atoms with Crippen LogP contribution in [0.15, 0.2) is 22.6 Å². The number of alkyl halides is 3. The number of aliphatic hydroxyl groups excluding tert-OH is 1. The van der Waals surface area contributed by atoms with Crippen molar-refractivity contribution >= 4 is 27.8 Å². The number of amides is 1. The molecular formula is C23H29ClF3N4O6Si. The van der Waals surface area contributed by atoms with E-state index in [1.165, 1.54) is 4.90 Å². The summed E-state index contributed by atoms with van der Waals surface area (Å²) in [6.07, 6.45) is -5.86. The lowest BCUT2D eigenvalue weighted by Gasteiger charge is -2.46. The SMILES string of the molecule is Cc1ccc(C(=O)N[C@]2([Si])CC[C@H](c3nnc(OCCOC(F)(F)F)o3)N(C(O)OC(C)(C)C)C2)cc1Cl. The molecule has 0 bridgehead atoms. The van der Waals surface area contributed by atoms with Crippen LogP contribution in [0.3, 0.4) is 0 Å². The summed E-state index contributed by atoms with van der Waals surface area (Å²) >= 11 is 6.17. The predicted molar refractivity (Wildman–Crippen MR) is 129 cm³/mol. The number of aryl methyl sites for hydroxylation is 1. The van der Waals surface area contributed by atoms with Gasteiger partial charge in [0, 0.05) is 22.3 Å². The Morgan fingerprint density at radius 2 is 2.05 bits per heavy atom. The van der Waals surface area contributed by atoms with Crippen molar-refractivity contribution in [1.82, 2.24) is 20.4 Å². The molecule has 3 rings (SSSR count). The highest BCUT2D eigenvalue weighted by Gasteiger charge is 2.44. The second-order valence-corrected chi connectivity index (χ2v) is 11.2. The summed E-state index contributed by atoms with van der Waals surface area (Å²) in [6.45, 7) is 5.96. The molecule has 2 N–H and O–H groups in total. The Labute approximate surface area is 226 Å². The van der Waals surface area contributed by atoms with Gasteiger partial charge in [-0.3, -0.25) is 9.53 Å². The third-order valence-electron chi connectivity index (χ3n) is 5.51. The van der Waals surface area contributed by atoms with Gasteiger partial charge in [-0.15, -0.1) is 18.3 Å². The Balaban J connectivity index is 1.74. The molecule has 2 heterocycles. The monoisotopic (exact) mass is 577 g/mol. The molecule has 3 atom stereocenters. The molecule has 1 saturated heterocycles. The molecule has 1 aliphatic heterocycles. The predicted octanol–water partition coefficient (Wildman–Crippen LogP) is 3.47. The van der Waals surface area contributed by atoms with Gasteiger partial charge in [-0.25, -0.2) is 4.90 Å². The van der Waals surface area contributed by atoms with Crippen molar-refractivity contribution in [3.63, 3.8) is 0 Å². The normalized spacial score (nSPS) is 21.8. The van der Waals surface area contributed by atoms with Gasteiger partial charge >= 0.3 is 12.4 Å². The van der Waals surface area contributed by atoms with Crippen LogP contribution in [0.1, 0.15) is 61.5 Å². The molecule has 0 saturated carbocycles. The first-order valence-electron chi connectivity index (χ1n) is 11.7. The summed E-state index contributed by atoms with van der Waals surface area (Å²) in [5, 5.41) is 21.0. The van der Waals surface area contributed by atoms with E-state index in [-0.39, 0.29) is 24.4 Å². The fraction of sp³-hybridized carbons (Fsp3) is 0.609. The lowest BCUT2D eigenvalue weighted by molar-refractivity contribution is -0.325. The summed E-state index contributed by atoms with van der Waals surface area (Å²) in [4.78, 5) is 14.5. The molecule has 1 aromatic carbocycles. The molecule has 1 unspecified atom stereocenters. The van der Waals surface area contributed by atoms with Crippen LogP contribution < -0.4 is 10.1 Å². The summed E-state index contributed by atoms with van der Waals surface area (Å²) in [5.41, 5.74) is 0.479. The number of hydrogen-bond acceptors (Lipinski definition) is 9. The number of carbonyl (C=O) groups excluding carboxylic acids is 1. The number of benzene rings is 1. The van der Waals surface area contributed by atoms with Crippen LogP contribution in [0.25, 0.3) is 0 Å². The zero-order valence-corrected chi connectivity index (χ0v) is 23.0. The van der Waals surface area contributed by atoms with Crippen LogP contribution in [-0.4, -0.2) is 79.7 Å². The van der Waals surface area contributed by atoms with E-state index >= 15 is 0 Å². The van der Waals surface area contributed by atoms with Gasteiger partial charge in [0.05, 0.1) is 28.5 Å². The number of halogens is 4. The van der Waals surface area contributed by atoms with E-state index in [1.807, 2.05) is 6.92 Å². The van der Waals surface area contributed by atoms with Crippen LogP contribution >= 0.6 is 11.6 Å². The molecule has 209 valence electrons. The number of carbonyl (C=O) groups is 1. The highest BCUT2D eigenvalue weighted by molar-refractivity contribution is 6.31. The van der Waals surface area contributed by atoms with Gasteiger partial charge in [-0.2, -0.15) is 0 Å². The van der Waals surface area contributed by atoms with Gasteiger partial charge in [0.1, 0.15) is 6.61 Å². The molecule has 0 aliphatic carbocycles. The number of rotatable bonds is 9. The van der Waals surface area contributed by atoms with Crippen molar-refractivity contribution in [2.45, 2.75) is 70.1 Å². The first-order chi connectivity index (χ1) is 17.6. The molecule has 15 heteroatoms. The summed E-state index contributed by atoms with van der Waals surface area (Å²) in [6, 6.07) is 4.32. The van der Waals surface area contributed by atoms with Crippen LogP contribution in [0, 0.1) is 6.92 Å². The number of likely N-dealkylation sites (tertiary alicyclic amines) is 1. The Kier molecular flexibility index (Phi) is 9.48. The minimum absolute atomic E-state index is 0.0543. The number of hydrogen-bond donors (Lipinski definition) is 2. The molecule has 38 heavy (non-hydrogen) atoms. The number of nitrogens with zero attached hydrogens (tertiary/aromatic N) is 3. The van der Waals surface area contributed by atoms with Crippen molar-refractivity contribution in [2.24, 2.45) is 0 Å². The van der Waals surface area contributed by atoms with Crippen molar-refractivity contribution in [2.75, 3.05) is 19.8 Å². The molecule has 1 fully saturated rings. The zero-order chi connectivity index (χ0) is 28.3. The molecule has 1 amide bonds. The third-order valence-corrected chi connectivity index (χ3v) is 6.45. The highest BCUT2D eigenvalue weighted by atomic mass is 35.5. The molecular weight excluding hydrogens is 549 g/mol. The standard InChI is InChI=1S/C23H29ClF3N4O6Si/c1-13-5-6-14(11-15(13)24)17(32)28-22(38)8-7-16(31(12-22)20(33)37-21(2,3)4)18-29-30-19(36-18)34-9-10-35-23(25,26)27/h5-6,11,16,20,33H,7-10,12H2,1-4H3,(H,28,32)/t16-,20?,22+/m1/s1. The maximum absolute atomic E-state index is 13.0. The van der Waals surface area contributed by atoms with E-state index in [0.717, 1.165) is 5.56 Å². The number of ether oxygens (including phenoxy) is 3. The fourth-order valence-electron chi connectivity index (χ4n) is 3.76. The Morgan fingerprint density at radius 1 is 1.34 bits per heavy atom. The zero-order valence-electron chi connectivity index (χ0n) is 21.3. The van der Waals surface area contributed by atoms with E-state index in [9.17, 15) is 23.1 Å². The lowest BCUT2D eigenvalue weighted by atomic mass is 9.97. The lowest BCUT2D eigenvalue weighted by Crippen LogP contribution is -2.62. The smallest absolute Gasteiger partial charge is 0.447 e. The quantitative estimate of drug-likeness (QED) is 0.262. The second-order valence-electron chi connectivity index (χ2n) is 9.83. The first kappa shape index (κ1) is 30.3. The first-order valence-corrected chi connectivity index (χ1v) is 12.6. The third kappa shape index (κ3) is 8.64. The van der Waals surface area contributed by atoms with Crippen molar-refractivity contribution in [3.8, 4) is 6.08 Å². The Hall–Kier alpha value is -2.23. The molecule has 1 aliphatic rings. The fourth-order valence-corrected chi connectivity index (χ4v) is 4.38. The van der Waals surface area contributed by atoms with Crippen LogP contribution in [-0.2, 0) is 9.47 Å². The van der Waals surface area contributed by atoms with Crippen LogP contribution in [0.5, 0.6) is 6.08 Å². The largest absolute Gasteiger partial charge is 0.522 e.